The molecular weight excluding hydrogens is 534 g/mol. The van der Waals surface area contributed by atoms with Crippen LogP contribution in [0.25, 0.3) is 6.08 Å². The van der Waals surface area contributed by atoms with E-state index in [-0.39, 0.29) is 17.3 Å². The van der Waals surface area contributed by atoms with Gasteiger partial charge >= 0.3 is 0 Å². The number of Topliss-reactive ketones (excluding diaryl/α,β-unsaturated/α-hetero) is 3. The summed E-state index contributed by atoms with van der Waals surface area (Å²) in [6, 6.07) is 28.8. The summed E-state index contributed by atoms with van der Waals surface area (Å²) in [7, 11) is 1.59. The van der Waals surface area contributed by atoms with Crippen LogP contribution in [0, 0.1) is 11.3 Å². The molecule has 0 N–H and O–H groups in total. The molecule has 1 saturated heterocycles. The summed E-state index contributed by atoms with van der Waals surface area (Å²) in [5, 5.41) is 0. The summed E-state index contributed by atoms with van der Waals surface area (Å²) in [4.78, 5) is 46.5. The number of carbonyl (C=O) groups excluding carboxylic acids is 3. The van der Waals surface area contributed by atoms with Gasteiger partial charge in [-0.15, -0.1) is 0 Å². The van der Waals surface area contributed by atoms with Crippen LogP contribution < -0.4 is 9.64 Å². The van der Waals surface area contributed by atoms with Gasteiger partial charge in [-0.05, 0) is 47.2 Å². The number of ether oxygens (including phenoxy) is 1. The summed E-state index contributed by atoms with van der Waals surface area (Å²) < 4.78 is 5.60. The average Bonchev–Trinajstić information content (AvgIpc) is 3.47. The molecular formula is C38H33NO4. The van der Waals surface area contributed by atoms with E-state index in [0.29, 0.717) is 28.4 Å². The van der Waals surface area contributed by atoms with Crippen molar-refractivity contribution in [3.8, 4) is 5.75 Å². The number of anilines is 1. The minimum Gasteiger partial charge on any atom is -0.497 e. The van der Waals surface area contributed by atoms with Crippen LogP contribution in [0.3, 0.4) is 0 Å². The van der Waals surface area contributed by atoms with E-state index in [2.05, 4.69) is 13.8 Å². The second-order valence-electron chi connectivity index (χ2n) is 12.2. The zero-order chi connectivity index (χ0) is 29.9. The van der Waals surface area contributed by atoms with Gasteiger partial charge in [-0.2, -0.15) is 0 Å². The van der Waals surface area contributed by atoms with Crippen LogP contribution in [0.5, 0.6) is 5.75 Å². The van der Waals surface area contributed by atoms with Crippen molar-refractivity contribution in [2.24, 2.45) is 11.3 Å². The molecule has 7 rings (SSSR count). The quantitative estimate of drug-likeness (QED) is 0.182. The number of hydrogen-bond donors (Lipinski definition) is 0. The van der Waals surface area contributed by atoms with Crippen LogP contribution in [0.1, 0.15) is 67.5 Å². The summed E-state index contributed by atoms with van der Waals surface area (Å²) in [5.74, 6) is -0.253. The Morgan fingerprint density at radius 3 is 2.21 bits per heavy atom. The highest BCUT2D eigenvalue weighted by Gasteiger charge is 2.71. The number of benzene rings is 4. The molecule has 2 aliphatic heterocycles. The number of nitrogens with zero attached hydrogens (tertiary/aromatic N) is 1. The fourth-order valence-electron chi connectivity index (χ4n) is 7.57. The largest absolute Gasteiger partial charge is 0.497 e. The highest BCUT2D eigenvalue weighted by molar-refractivity contribution is 6.32. The van der Waals surface area contributed by atoms with Gasteiger partial charge in [0.1, 0.15) is 17.2 Å². The van der Waals surface area contributed by atoms with E-state index in [4.69, 9.17) is 4.74 Å². The van der Waals surface area contributed by atoms with Gasteiger partial charge in [0.15, 0.2) is 17.3 Å². The lowest BCUT2D eigenvalue weighted by molar-refractivity contribution is 0.0665. The SMILES string of the molecule is COc1cccc([C@@H]2[C@H](C(=O)c3ccc(CC(C)C)cc3)N3c4ccccc4C=C[C@@H]3C23C(=O)c2ccccc2C3=O)c1. The molecule has 4 aromatic rings. The third kappa shape index (κ3) is 3.94. The maximum Gasteiger partial charge on any atom is 0.185 e. The molecule has 1 aliphatic carbocycles. The molecule has 2 heterocycles. The van der Waals surface area contributed by atoms with Gasteiger partial charge < -0.3 is 9.64 Å². The lowest BCUT2D eigenvalue weighted by Crippen LogP contribution is -2.48. The molecule has 0 radical (unpaired) electrons. The fourth-order valence-corrected chi connectivity index (χ4v) is 7.57. The van der Waals surface area contributed by atoms with Crippen molar-refractivity contribution in [3.63, 3.8) is 0 Å². The topological polar surface area (TPSA) is 63.7 Å². The van der Waals surface area contributed by atoms with Crippen molar-refractivity contribution in [1.82, 2.24) is 0 Å². The smallest absolute Gasteiger partial charge is 0.185 e. The van der Waals surface area contributed by atoms with Crippen LogP contribution in [0.15, 0.2) is 103 Å². The minimum absolute atomic E-state index is 0.118. The number of fused-ring (bicyclic) bond motifs is 5. The second kappa shape index (κ2) is 10.2. The Labute approximate surface area is 251 Å². The Hall–Kier alpha value is -4.77. The van der Waals surface area contributed by atoms with Crippen LogP contribution >= 0.6 is 0 Å². The summed E-state index contributed by atoms with van der Waals surface area (Å²) in [6.45, 7) is 4.34. The van der Waals surface area contributed by atoms with Gasteiger partial charge in [0.05, 0.1) is 13.2 Å². The van der Waals surface area contributed by atoms with Gasteiger partial charge in [-0.1, -0.05) is 105 Å². The van der Waals surface area contributed by atoms with E-state index in [1.807, 2.05) is 89.8 Å². The van der Waals surface area contributed by atoms with Crippen molar-refractivity contribution in [2.45, 2.75) is 38.3 Å². The Morgan fingerprint density at radius 2 is 1.53 bits per heavy atom. The molecule has 3 atom stereocenters. The Kier molecular flexibility index (Phi) is 6.42. The molecule has 1 fully saturated rings. The van der Waals surface area contributed by atoms with Gasteiger partial charge in [-0.25, -0.2) is 0 Å². The molecule has 0 saturated carbocycles. The third-order valence-corrected chi connectivity index (χ3v) is 9.32. The van der Waals surface area contributed by atoms with E-state index in [1.165, 1.54) is 5.56 Å². The highest BCUT2D eigenvalue weighted by Crippen LogP contribution is 2.61. The van der Waals surface area contributed by atoms with Gasteiger partial charge in [0.25, 0.3) is 0 Å². The molecule has 5 heteroatoms. The molecule has 0 bridgehead atoms. The standard InChI is InChI=1S/C38H33NO4/c1-23(2)21-24-15-17-26(18-16-24)35(40)34-33(27-10-8-11-28(22-27)43-3)38(36(41)29-12-5-6-13-30(29)37(38)42)32-20-19-25-9-4-7-14-31(25)39(32)34/h4-20,22-23,32-34H,21H2,1-3H3/t32-,33-,34-/m1/s1. The van der Waals surface area contributed by atoms with Gasteiger partial charge in [0.2, 0.25) is 0 Å². The maximum absolute atomic E-state index is 14.9. The number of ketones is 3. The van der Waals surface area contributed by atoms with Crippen molar-refractivity contribution < 1.29 is 19.1 Å². The monoisotopic (exact) mass is 567 g/mol. The summed E-state index contributed by atoms with van der Waals surface area (Å²) in [5.41, 5.74) is 3.54. The van der Waals surface area contributed by atoms with E-state index in [1.54, 1.807) is 31.4 Å². The van der Waals surface area contributed by atoms with Crippen LogP contribution in [-0.2, 0) is 6.42 Å². The molecule has 0 amide bonds. The maximum atomic E-state index is 14.9. The molecule has 3 aliphatic rings. The van der Waals surface area contributed by atoms with Crippen LogP contribution in [0.4, 0.5) is 5.69 Å². The fraction of sp³-hybridized carbons (Fsp3) is 0.237. The van der Waals surface area contributed by atoms with Crippen molar-refractivity contribution >= 4 is 29.1 Å². The molecule has 4 aromatic carbocycles. The molecule has 1 spiro atoms. The average molecular weight is 568 g/mol. The number of rotatable bonds is 6. The first kappa shape index (κ1) is 27.1. The number of methoxy groups -OCH3 is 1. The Bertz CT molecular complexity index is 1770. The first-order valence-corrected chi connectivity index (χ1v) is 14.9. The van der Waals surface area contributed by atoms with Crippen LogP contribution in [-0.4, -0.2) is 36.5 Å². The van der Waals surface area contributed by atoms with Gasteiger partial charge in [-0.3, -0.25) is 14.4 Å². The minimum atomic E-state index is -1.53. The van der Waals surface area contributed by atoms with Crippen molar-refractivity contribution in [3.05, 3.63) is 137 Å². The lowest BCUT2D eigenvalue weighted by atomic mass is 9.64. The zero-order valence-electron chi connectivity index (χ0n) is 24.5. The molecule has 0 unspecified atom stereocenters. The Balaban J connectivity index is 1.49. The predicted molar refractivity (Wildman–Crippen MR) is 168 cm³/mol. The first-order chi connectivity index (χ1) is 20.9. The molecule has 0 aromatic heterocycles. The molecule has 214 valence electrons. The lowest BCUT2D eigenvalue weighted by Gasteiger charge is -2.37. The van der Waals surface area contributed by atoms with Crippen molar-refractivity contribution in [2.75, 3.05) is 12.0 Å². The molecule has 5 nitrogen and oxygen atoms in total. The summed E-state index contributed by atoms with van der Waals surface area (Å²) in [6.07, 6.45) is 4.86. The number of carbonyl (C=O) groups is 3. The van der Waals surface area contributed by atoms with Crippen molar-refractivity contribution in [1.29, 1.82) is 0 Å². The number of para-hydroxylation sites is 1. The third-order valence-electron chi connectivity index (χ3n) is 9.32. The van der Waals surface area contributed by atoms with Crippen LogP contribution in [0.2, 0.25) is 0 Å². The van der Waals surface area contributed by atoms with E-state index >= 15 is 0 Å². The second-order valence-corrected chi connectivity index (χ2v) is 12.2. The number of hydrogen-bond acceptors (Lipinski definition) is 5. The normalized spacial score (nSPS) is 21.2. The Morgan fingerprint density at radius 1 is 0.860 bits per heavy atom. The predicted octanol–water partition coefficient (Wildman–Crippen LogP) is 7.21. The zero-order valence-corrected chi connectivity index (χ0v) is 24.5. The van der Waals surface area contributed by atoms with Gasteiger partial charge in [0, 0.05) is 28.3 Å². The van der Waals surface area contributed by atoms with E-state index in [0.717, 1.165) is 23.2 Å². The van der Waals surface area contributed by atoms with E-state index < -0.39 is 23.4 Å². The first-order valence-electron chi connectivity index (χ1n) is 14.9. The summed E-state index contributed by atoms with van der Waals surface area (Å²) >= 11 is 0. The molecule has 43 heavy (non-hydrogen) atoms. The highest BCUT2D eigenvalue weighted by atomic mass is 16.5. The van der Waals surface area contributed by atoms with E-state index in [9.17, 15) is 14.4 Å².